The molecule has 1 aliphatic rings. The SMILES string of the molecule is CC(CN)OC1CCC(Cl)C(C(=O)O)N1. The number of alkyl halides is 1. The van der Waals surface area contributed by atoms with Gasteiger partial charge in [-0.15, -0.1) is 11.6 Å². The fourth-order valence-electron chi connectivity index (χ4n) is 1.53. The van der Waals surface area contributed by atoms with Crippen LogP contribution < -0.4 is 11.1 Å². The van der Waals surface area contributed by atoms with E-state index in [1.54, 1.807) is 0 Å². The Labute approximate surface area is 93.9 Å². The van der Waals surface area contributed by atoms with E-state index in [-0.39, 0.29) is 17.7 Å². The number of ether oxygens (including phenoxy) is 1. The van der Waals surface area contributed by atoms with Gasteiger partial charge in [0.25, 0.3) is 0 Å². The highest BCUT2D eigenvalue weighted by Crippen LogP contribution is 2.20. The largest absolute Gasteiger partial charge is 0.480 e. The summed E-state index contributed by atoms with van der Waals surface area (Å²) in [5, 5.41) is 11.4. The summed E-state index contributed by atoms with van der Waals surface area (Å²) in [7, 11) is 0. The first kappa shape index (κ1) is 12.7. The molecule has 15 heavy (non-hydrogen) atoms. The van der Waals surface area contributed by atoms with Gasteiger partial charge in [0.1, 0.15) is 12.3 Å². The van der Waals surface area contributed by atoms with Gasteiger partial charge in [-0.3, -0.25) is 10.1 Å². The van der Waals surface area contributed by atoms with Gasteiger partial charge in [0.2, 0.25) is 0 Å². The maximum atomic E-state index is 10.8. The number of hydrogen-bond acceptors (Lipinski definition) is 4. The molecule has 0 aromatic heterocycles. The first-order valence-electron chi connectivity index (χ1n) is 5.03. The summed E-state index contributed by atoms with van der Waals surface area (Å²) in [5.41, 5.74) is 5.42. The van der Waals surface area contributed by atoms with E-state index in [1.807, 2.05) is 6.92 Å². The van der Waals surface area contributed by atoms with Crippen LogP contribution in [0.15, 0.2) is 0 Å². The molecule has 88 valence electrons. The highest BCUT2D eigenvalue weighted by Gasteiger charge is 2.34. The quantitative estimate of drug-likeness (QED) is 0.604. The lowest BCUT2D eigenvalue weighted by molar-refractivity contribution is -0.143. The van der Waals surface area contributed by atoms with Crippen molar-refractivity contribution in [2.45, 2.75) is 43.5 Å². The molecule has 5 nitrogen and oxygen atoms in total. The normalized spacial score (nSPS) is 33.7. The second kappa shape index (κ2) is 5.65. The van der Waals surface area contributed by atoms with E-state index in [2.05, 4.69) is 5.32 Å². The van der Waals surface area contributed by atoms with Gasteiger partial charge in [-0.2, -0.15) is 0 Å². The first-order valence-corrected chi connectivity index (χ1v) is 5.46. The summed E-state index contributed by atoms with van der Waals surface area (Å²) < 4.78 is 5.51. The zero-order valence-electron chi connectivity index (χ0n) is 8.65. The van der Waals surface area contributed by atoms with Crippen molar-refractivity contribution in [3.63, 3.8) is 0 Å². The standard InChI is InChI=1S/C9H17ClN2O3/c1-5(4-11)15-7-3-2-6(10)8(12-7)9(13)14/h5-8,12H,2-4,11H2,1H3,(H,13,14). The van der Waals surface area contributed by atoms with Gasteiger partial charge in [-0.1, -0.05) is 0 Å². The van der Waals surface area contributed by atoms with E-state index >= 15 is 0 Å². The molecule has 1 fully saturated rings. The Morgan fingerprint density at radius 3 is 2.93 bits per heavy atom. The summed E-state index contributed by atoms with van der Waals surface area (Å²) in [6.45, 7) is 2.27. The molecule has 0 radical (unpaired) electrons. The van der Waals surface area contributed by atoms with E-state index < -0.39 is 12.0 Å². The van der Waals surface area contributed by atoms with Crippen LogP contribution in [0.25, 0.3) is 0 Å². The van der Waals surface area contributed by atoms with Crippen molar-refractivity contribution >= 4 is 17.6 Å². The number of carbonyl (C=O) groups is 1. The van der Waals surface area contributed by atoms with Crippen LogP contribution in [0.5, 0.6) is 0 Å². The molecular weight excluding hydrogens is 220 g/mol. The monoisotopic (exact) mass is 236 g/mol. The third-order valence-corrected chi connectivity index (χ3v) is 2.90. The van der Waals surface area contributed by atoms with E-state index in [0.29, 0.717) is 19.4 Å². The maximum Gasteiger partial charge on any atom is 0.322 e. The minimum atomic E-state index is -0.941. The van der Waals surface area contributed by atoms with Crippen LogP contribution in [0.4, 0.5) is 0 Å². The Morgan fingerprint density at radius 2 is 2.40 bits per heavy atom. The molecule has 0 spiro atoms. The second-order valence-electron chi connectivity index (χ2n) is 3.75. The molecule has 1 aliphatic heterocycles. The van der Waals surface area contributed by atoms with Crippen molar-refractivity contribution in [1.29, 1.82) is 0 Å². The van der Waals surface area contributed by atoms with Crippen LogP contribution in [-0.4, -0.2) is 41.4 Å². The van der Waals surface area contributed by atoms with Crippen molar-refractivity contribution in [3.8, 4) is 0 Å². The molecule has 6 heteroatoms. The number of rotatable bonds is 4. The second-order valence-corrected chi connectivity index (χ2v) is 4.31. The molecule has 1 heterocycles. The van der Waals surface area contributed by atoms with E-state index in [4.69, 9.17) is 27.2 Å². The average molecular weight is 237 g/mol. The predicted molar refractivity (Wildman–Crippen MR) is 56.8 cm³/mol. The summed E-state index contributed by atoms with van der Waals surface area (Å²) in [6.07, 6.45) is 0.999. The lowest BCUT2D eigenvalue weighted by Crippen LogP contribution is -2.54. The number of aliphatic carboxylic acids is 1. The number of nitrogens with one attached hydrogen (secondary N) is 1. The summed E-state index contributed by atoms with van der Waals surface area (Å²) in [4.78, 5) is 10.8. The van der Waals surface area contributed by atoms with Crippen LogP contribution >= 0.6 is 11.6 Å². The fraction of sp³-hybridized carbons (Fsp3) is 0.889. The molecule has 0 bridgehead atoms. The van der Waals surface area contributed by atoms with Crippen molar-refractivity contribution in [1.82, 2.24) is 5.32 Å². The molecule has 1 saturated heterocycles. The molecule has 1 rings (SSSR count). The number of carboxylic acid groups (broad SMARTS) is 1. The minimum Gasteiger partial charge on any atom is -0.480 e. The van der Waals surface area contributed by atoms with Crippen molar-refractivity contribution in [2.75, 3.05) is 6.54 Å². The Hall–Kier alpha value is -0.360. The minimum absolute atomic E-state index is 0.0798. The maximum absolute atomic E-state index is 10.8. The lowest BCUT2D eigenvalue weighted by atomic mass is 10.0. The highest BCUT2D eigenvalue weighted by atomic mass is 35.5. The number of nitrogens with two attached hydrogens (primary N) is 1. The predicted octanol–water partition coefficient (Wildman–Crippen LogP) is 0.120. The van der Waals surface area contributed by atoms with E-state index in [0.717, 1.165) is 0 Å². The Balaban J connectivity index is 2.46. The number of halogens is 1. The smallest absolute Gasteiger partial charge is 0.322 e. The summed E-state index contributed by atoms with van der Waals surface area (Å²) in [5.74, 6) is -0.941. The molecule has 0 aromatic carbocycles. The molecule has 0 amide bonds. The highest BCUT2D eigenvalue weighted by molar-refractivity contribution is 6.22. The van der Waals surface area contributed by atoms with E-state index in [1.165, 1.54) is 0 Å². The third-order valence-electron chi connectivity index (χ3n) is 2.43. The van der Waals surface area contributed by atoms with E-state index in [9.17, 15) is 4.79 Å². The van der Waals surface area contributed by atoms with Crippen LogP contribution in [0.1, 0.15) is 19.8 Å². The Kier molecular flexibility index (Phi) is 4.79. The van der Waals surface area contributed by atoms with Gasteiger partial charge in [0.15, 0.2) is 0 Å². The number of carboxylic acids is 1. The first-order chi connectivity index (χ1) is 7.04. The Morgan fingerprint density at radius 1 is 1.73 bits per heavy atom. The van der Waals surface area contributed by atoms with Crippen molar-refractivity contribution < 1.29 is 14.6 Å². The van der Waals surface area contributed by atoms with Crippen molar-refractivity contribution in [3.05, 3.63) is 0 Å². The summed E-state index contributed by atoms with van der Waals surface area (Å²) >= 11 is 5.89. The molecule has 4 atom stereocenters. The molecule has 4 N–H and O–H groups in total. The molecule has 0 aliphatic carbocycles. The fourth-order valence-corrected chi connectivity index (χ4v) is 1.84. The molecule has 0 saturated carbocycles. The van der Waals surface area contributed by atoms with Gasteiger partial charge in [0.05, 0.1) is 11.5 Å². The van der Waals surface area contributed by atoms with Crippen LogP contribution in [0, 0.1) is 0 Å². The summed E-state index contributed by atoms with van der Waals surface area (Å²) in [6, 6.07) is -0.740. The van der Waals surface area contributed by atoms with Crippen LogP contribution in [0.3, 0.4) is 0 Å². The third kappa shape index (κ3) is 3.61. The average Bonchev–Trinajstić information content (AvgIpc) is 2.20. The Bertz CT molecular complexity index is 227. The van der Waals surface area contributed by atoms with Crippen LogP contribution in [0.2, 0.25) is 0 Å². The molecule has 4 unspecified atom stereocenters. The zero-order chi connectivity index (χ0) is 11.4. The lowest BCUT2D eigenvalue weighted by Gasteiger charge is -2.33. The van der Waals surface area contributed by atoms with Crippen molar-refractivity contribution in [2.24, 2.45) is 5.73 Å². The van der Waals surface area contributed by atoms with Gasteiger partial charge in [-0.05, 0) is 19.8 Å². The van der Waals surface area contributed by atoms with Gasteiger partial charge in [0, 0.05) is 6.54 Å². The van der Waals surface area contributed by atoms with Gasteiger partial charge >= 0.3 is 5.97 Å². The van der Waals surface area contributed by atoms with Gasteiger partial charge in [-0.25, -0.2) is 0 Å². The van der Waals surface area contributed by atoms with Crippen LogP contribution in [-0.2, 0) is 9.53 Å². The number of hydrogen-bond donors (Lipinski definition) is 3. The zero-order valence-corrected chi connectivity index (χ0v) is 9.41. The topological polar surface area (TPSA) is 84.6 Å². The molecule has 0 aromatic rings. The number of piperidine rings is 1. The molecular formula is C9H17ClN2O3. The van der Waals surface area contributed by atoms with Gasteiger partial charge < -0.3 is 15.6 Å².